The van der Waals surface area contributed by atoms with E-state index in [1.807, 2.05) is 18.2 Å². The maximum atomic E-state index is 12.8. The van der Waals surface area contributed by atoms with Gasteiger partial charge in [-0.3, -0.25) is 19.4 Å². The second kappa shape index (κ2) is 10.0. The third kappa shape index (κ3) is 5.13. The van der Waals surface area contributed by atoms with E-state index in [0.717, 1.165) is 64.0 Å². The number of hydrogen-bond donors (Lipinski definition) is 2. The number of carbonyl (C=O) groups excluding carboxylic acids is 3. The number of carbonyl (C=O) groups is 3. The molecule has 1 saturated carbocycles. The van der Waals surface area contributed by atoms with Crippen LogP contribution in [0, 0.1) is 0 Å². The SMILES string of the molecule is CN1CCN(CC(NC(=O)CCCN2C(=O)NC3(CCCC3)C2=O)c2ccccc2)CC1. The summed E-state index contributed by atoms with van der Waals surface area (Å²) >= 11 is 0. The molecule has 2 N–H and O–H groups in total. The molecule has 32 heavy (non-hydrogen) atoms. The van der Waals surface area contributed by atoms with E-state index >= 15 is 0 Å². The van der Waals surface area contributed by atoms with Crippen LogP contribution in [0.25, 0.3) is 0 Å². The molecule has 2 aliphatic heterocycles. The lowest BCUT2D eigenvalue weighted by molar-refractivity contribution is -0.131. The van der Waals surface area contributed by atoms with Crippen molar-refractivity contribution < 1.29 is 14.4 Å². The fraction of sp³-hybridized carbons (Fsp3) is 0.625. The van der Waals surface area contributed by atoms with Crippen LogP contribution < -0.4 is 10.6 Å². The topological polar surface area (TPSA) is 85.0 Å². The second-order valence-corrected chi connectivity index (χ2v) is 9.41. The van der Waals surface area contributed by atoms with Crippen molar-refractivity contribution in [3.63, 3.8) is 0 Å². The molecule has 0 aromatic heterocycles. The number of nitrogens with one attached hydrogen (secondary N) is 2. The van der Waals surface area contributed by atoms with E-state index in [1.165, 1.54) is 4.90 Å². The van der Waals surface area contributed by atoms with Crippen LogP contribution in [-0.2, 0) is 9.59 Å². The molecule has 4 rings (SSSR count). The van der Waals surface area contributed by atoms with Gasteiger partial charge in [0.15, 0.2) is 0 Å². The lowest BCUT2D eigenvalue weighted by atomic mass is 9.98. The van der Waals surface area contributed by atoms with Crippen LogP contribution in [0.15, 0.2) is 30.3 Å². The van der Waals surface area contributed by atoms with Gasteiger partial charge in [-0.15, -0.1) is 0 Å². The van der Waals surface area contributed by atoms with Crippen LogP contribution in [0.3, 0.4) is 0 Å². The van der Waals surface area contributed by atoms with Crippen molar-refractivity contribution in [3.05, 3.63) is 35.9 Å². The van der Waals surface area contributed by atoms with Crippen LogP contribution >= 0.6 is 0 Å². The number of piperazine rings is 1. The van der Waals surface area contributed by atoms with Gasteiger partial charge in [-0.05, 0) is 31.9 Å². The normalized spacial score (nSPS) is 22.3. The lowest BCUT2D eigenvalue weighted by Crippen LogP contribution is -2.47. The summed E-state index contributed by atoms with van der Waals surface area (Å²) in [5.41, 5.74) is 0.414. The van der Waals surface area contributed by atoms with Crippen LogP contribution in [-0.4, -0.2) is 84.4 Å². The van der Waals surface area contributed by atoms with Crippen LogP contribution in [0.5, 0.6) is 0 Å². The highest BCUT2D eigenvalue weighted by Crippen LogP contribution is 2.35. The number of rotatable bonds is 8. The molecule has 2 heterocycles. The molecule has 1 aromatic carbocycles. The number of likely N-dealkylation sites (N-methyl/N-ethyl adjacent to an activating group) is 1. The smallest absolute Gasteiger partial charge is 0.325 e. The highest BCUT2D eigenvalue weighted by Gasteiger charge is 2.52. The van der Waals surface area contributed by atoms with Gasteiger partial charge >= 0.3 is 6.03 Å². The Morgan fingerprint density at radius 3 is 2.47 bits per heavy atom. The standard InChI is InChI=1S/C24H35N5O3/c1-27-14-16-28(17-15-27)18-20(19-8-3-2-4-9-19)25-21(30)10-7-13-29-22(31)24(26-23(29)32)11-5-6-12-24/h2-4,8-9,20H,5-7,10-18H2,1H3,(H,25,30)(H,26,32). The number of benzene rings is 1. The Balaban J connectivity index is 1.29. The molecule has 1 aromatic rings. The molecule has 174 valence electrons. The summed E-state index contributed by atoms with van der Waals surface area (Å²) in [6.45, 7) is 5.10. The Morgan fingerprint density at radius 2 is 1.78 bits per heavy atom. The van der Waals surface area contributed by atoms with Gasteiger partial charge in [-0.1, -0.05) is 43.2 Å². The zero-order valence-corrected chi connectivity index (χ0v) is 19.0. The zero-order chi connectivity index (χ0) is 22.6. The zero-order valence-electron chi connectivity index (χ0n) is 19.0. The maximum absolute atomic E-state index is 12.8. The van der Waals surface area contributed by atoms with E-state index in [4.69, 9.17) is 0 Å². The summed E-state index contributed by atoms with van der Waals surface area (Å²) in [5.74, 6) is -0.159. The van der Waals surface area contributed by atoms with Gasteiger partial charge in [0.25, 0.3) is 5.91 Å². The number of hydrogen-bond acceptors (Lipinski definition) is 5. The summed E-state index contributed by atoms with van der Waals surface area (Å²) in [4.78, 5) is 43.9. The summed E-state index contributed by atoms with van der Waals surface area (Å²) in [6.07, 6.45) is 4.14. The van der Waals surface area contributed by atoms with E-state index in [2.05, 4.69) is 39.6 Å². The van der Waals surface area contributed by atoms with Crippen molar-refractivity contribution in [1.82, 2.24) is 25.3 Å². The van der Waals surface area contributed by atoms with Gasteiger partial charge in [-0.2, -0.15) is 0 Å². The molecule has 8 heteroatoms. The first kappa shape index (κ1) is 22.7. The van der Waals surface area contributed by atoms with Crippen LogP contribution in [0.4, 0.5) is 4.79 Å². The van der Waals surface area contributed by atoms with Gasteiger partial charge in [0.1, 0.15) is 5.54 Å². The summed E-state index contributed by atoms with van der Waals surface area (Å²) in [6, 6.07) is 9.68. The van der Waals surface area contributed by atoms with Gasteiger partial charge in [0.05, 0.1) is 6.04 Å². The van der Waals surface area contributed by atoms with Crippen LogP contribution in [0.2, 0.25) is 0 Å². The molecule has 3 aliphatic rings. The Bertz CT molecular complexity index is 816. The highest BCUT2D eigenvalue weighted by molar-refractivity contribution is 6.07. The molecule has 1 atom stereocenters. The summed E-state index contributed by atoms with van der Waals surface area (Å²) in [7, 11) is 2.13. The molecule has 3 fully saturated rings. The fourth-order valence-corrected chi connectivity index (χ4v) is 5.07. The maximum Gasteiger partial charge on any atom is 0.325 e. The molecule has 0 radical (unpaired) electrons. The van der Waals surface area contributed by atoms with Crippen molar-refractivity contribution in [1.29, 1.82) is 0 Å². The average molecular weight is 442 g/mol. The van der Waals surface area contributed by atoms with E-state index in [0.29, 0.717) is 6.42 Å². The minimum absolute atomic E-state index is 0.0457. The first-order chi connectivity index (χ1) is 15.5. The molecule has 4 amide bonds. The summed E-state index contributed by atoms with van der Waals surface area (Å²) < 4.78 is 0. The van der Waals surface area contributed by atoms with Gasteiger partial charge < -0.3 is 15.5 Å². The first-order valence-corrected chi connectivity index (χ1v) is 11.9. The molecule has 1 spiro atoms. The highest BCUT2D eigenvalue weighted by atomic mass is 16.2. The number of nitrogens with zero attached hydrogens (tertiary/aromatic N) is 3. The molecular weight excluding hydrogens is 406 g/mol. The van der Waals surface area contributed by atoms with E-state index < -0.39 is 5.54 Å². The Hall–Kier alpha value is -2.45. The number of imide groups is 1. The third-order valence-electron chi connectivity index (χ3n) is 7.06. The Morgan fingerprint density at radius 1 is 1.09 bits per heavy atom. The average Bonchev–Trinajstić information content (AvgIpc) is 3.35. The predicted molar refractivity (Wildman–Crippen MR) is 122 cm³/mol. The van der Waals surface area contributed by atoms with Gasteiger partial charge in [0, 0.05) is 45.7 Å². The Labute approximate surface area is 190 Å². The quantitative estimate of drug-likeness (QED) is 0.601. The second-order valence-electron chi connectivity index (χ2n) is 9.41. The van der Waals surface area contributed by atoms with E-state index in [1.54, 1.807) is 0 Å². The monoisotopic (exact) mass is 441 g/mol. The lowest BCUT2D eigenvalue weighted by Gasteiger charge is -2.35. The Kier molecular flexibility index (Phi) is 7.10. The molecule has 1 aliphatic carbocycles. The van der Waals surface area contributed by atoms with Crippen molar-refractivity contribution in [2.24, 2.45) is 0 Å². The molecular formula is C24H35N5O3. The number of urea groups is 1. The third-order valence-corrected chi connectivity index (χ3v) is 7.06. The number of amides is 4. The largest absolute Gasteiger partial charge is 0.348 e. The molecule has 2 saturated heterocycles. The summed E-state index contributed by atoms with van der Waals surface area (Å²) in [5, 5.41) is 6.09. The van der Waals surface area contributed by atoms with Crippen LogP contribution in [0.1, 0.15) is 50.1 Å². The fourth-order valence-electron chi connectivity index (χ4n) is 5.07. The van der Waals surface area contributed by atoms with Gasteiger partial charge in [-0.25, -0.2) is 4.79 Å². The van der Waals surface area contributed by atoms with E-state index in [9.17, 15) is 14.4 Å². The predicted octanol–water partition coefficient (Wildman–Crippen LogP) is 1.74. The molecule has 1 unspecified atom stereocenters. The molecule has 0 bridgehead atoms. The van der Waals surface area contributed by atoms with Crippen molar-refractivity contribution >= 4 is 17.8 Å². The molecule has 8 nitrogen and oxygen atoms in total. The van der Waals surface area contributed by atoms with Crippen molar-refractivity contribution in [3.8, 4) is 0 Å². The minimum atomic E-state index is -0.680. The van der Waals surface area contributed by atoms with Crippen molar-refractivity contribution in [2.75, 3.05) is 46.3 Å². The van der Waals surface area contributed by atoms with Gasteiger partial charge in [0.2, 0.25) is 5.91 Å². The van der Waals surface area contributed by atoms with E-state index in [-0.39, 0.29) is 36.9 Å². The minimum Gasteiger partial charge on any atom is -0.348 e. The van der Waals surface area contributed by atoms with Crippen molar-refractivity contribution in [2.45, 2.75) is 50.1 Å². The first-order valence-electron chi connectivity index (χ1n) is 11.9.